The number of alkyl halides is 2. The average Bonchev–Trinajstić information content (AvgIpc) is 2.87. The molecule has 1 aliphatic carbocycles. The zero-order chi connectivity index (χ0) is 17.6. The molecular weight excluding hydrogens is 341 g/mol. The van der Waals surface area contributed by atoms with Gasteiger partial charge in [0.25, 0.3) is 0 Å². The Bertz CT molecular complexity index is 779. The van der Waals surface area contributed by atoms with Crippen LogP contribution in [0.15, 0.2) is 54.6 Å². The highest BCUT2D eigenvalue weighted by Crippen LogP contribution is 2.77. The van der Waals surface area contributed by atoms with Gasteiger partial charge in [-0.3, -0.25) is 0 Å². The summed E-state index contributed by atoms with van der Waals surface area (Å²) in [5, 5.41) is 9.90. The van der Waals surface area contributed by atoms with Crippen molar-refractivity contribution in [3.63, 3.8) is 0 Å². The van der Waals surface area contributed by atoms with Crippen LogP contribution in [0, 0.1) is 23.7 Å². The summed E-state index contributed by atoms with van der Waals surface area (Å²) in [6.07, 6.45) is 0. The van der Waals surface area contributed by atoms with Gasteiger partial charge in [-0.2, -0.15) is 5.26 Å². The quantitative estimate of drug-likeness (QED) is 0.662. The van der Waals surface area contributed by atoms with Crippen LogP contribution in [0.1, 0.15) is 30.9 Å². The second kappa shape index (κ2) is 5.69. The second-order valence-electron chi connectivity index (χ2n) is 6.83. The summed E-state index contributed by atoms with van der Waals surface area (Å²) >= 11 is 13.3. The molecule has 1 fully saturated rings. The van der Waals surface area contributed by atoms with Crippen molar-refractivity contribution in [2.45, 2.75) is 36.6 Å². The molecule has 24 heavy (non-hydrogen) atoms. The molecule has 0 bridgehead atoms. The summed E-state index contributed by atoms with van der Waals surface area (Å²) in [7, 11) is 0. The molecule has 0 aliphatic heterocycles. The number of aryl methyl sites for hydroxylation is 1. The molecule has 0 heterocycles. The van der Waals surface area contributed by atoms with Crippen LogP contribution in [-0.4, -0.2) is 9.93 Å². The zero-order valence-corrected chi connectivity index (χ0v) is 15.4. The van der Waals surface area contributed by atoms with E-state index < -0.39 is 21.3 Å². The van der Waals surface area contributed by atoms with Crippen LogP contribution < -0.4 is 4.74 Å². The van der Waals surface area contributed by atoms with Gasteiger partial charge in [0.1, 0.15) is 11.7 Å². The van der Waals surface area contributed by atoms with Gasteiger partial charge in [0.15, 0.2) is 9.93 Å². The van der Waals surface area contributed by atoms with Crippen molar-refractivity contribution >= 4 is 23.2 Å². The molecule has 0 amide bonds. The maximum absolute atomic E-state index is 9.90. The summed E-state index contributed by atoms with van der Waals surface area (Å²) < 4.78 is 5.18. The van der Waals surface area contributed by atoms with E-state index in [1.54, 1.807) is 0 Å². The van der Waals surface area contributed by atoms with Gasteiger partial charge in [-0.05, 0) is 30.2 Å². The van der Waals surface area contributed by atoms with Gasteiger partial charge in [-0.15, -0.1) is 0 Å². The molecule has 124 valence electrons. The number of ether oxygens (including phenoxy) is 1. The smallest absolute Gasteiger partial charge is 0.170 e. The summed E-state index contributed by atoms with van der Waals surface area (Å²) in [6.45, 7) is 5.87. The number of benzene rings is 2. The average molecular weight is 360 g/mol. The fraction of sp³-hybridized carbons (Fsp3) is 0.350. The van der Waals surface area contributed by atoms with E-state index in [4.69, 9.17) is 27.9 Å². The monoisotopic (exact) mass is 359 g/mol. The highest BCUT2D eigenvalue weighted by Gasteiger charge is 2.88. The molecule has 2 aromatic carbocycles. The number of hydrogen-bond acceptors (Lipinski definition) is 2. The van der Waals surface area contributed by atoms with Crippen molar-refractivity contribution in [1.82, 2.24) is 0 Å². The molecule has 0 radical (unpaired) electrons. The Labute approximate surface area is 153 Å². The molecule has 0 aromatic heterocycles. The van der Waals surface area contributed by atoms with Crippen molar-refractivity contribution in [2.75, 3.05) is 0 Å². The number of nitrogens with zero attached hydrogens (tertiary/aromatic N) is 1. The SMILES string of the molecule is Cc1cccc(OC2(C(C#N)c3ccccc3)C(C)(C)C2(Cl)Cl)c1. The van der Waals surface area contributed by atoms with Crippen molar-refractivity contribution in [3.05, 3.63) is 65.7 Å². The molecule has 0 saturated heterocycles. The van der Waals surface area contributed by atoms with Crippen LogP contribution in [0.2, 0.25) is 0 Å². The molecule has 2 atom stereocenters. The lowest BCUT2D eigenvalue weighted by Crippen LogP contribution is -2.35. The van der Waals surface area contributed by atoms with Crippen LogP contribution in [0.5, 0.6) is 5.75 Å². The molecular formula is C20H19Cl2NO. The molecule has 1 aliphatic rings. The van der Waals surface area contributed by atoms with Gasteiger partial charge in [0.05, 0.1) is 6.07 Å². The van der Waals surface area contributed by atoms with Crippen LogP contribution in [0.3, 0.4) is 0 Å². The van der Waals surface area contributed by atoms with E-state index in [9.17, 15) is 5.26 Å². The predicted molar refractivity (Wildman–Crippen MR) is 97.6 cm³/mol. The first-order chi connectivity index (χ1) is 11.3. The Kier molecular flexibility index (Phi) is 4.06. The fourth-order valence-corrected chi connectivity index (χ4v) is 4.42. The minimum atomic E-state index is -1.17. The molecule has 0 N–H and O–H groups in total. The first-order valence-electron chi connectivity index (χ1n) is 7.86. The molecule has 4 heteroatoms. The van der Waals surface area contributed by atoms with Crippen LogP contribution in [-0.2, 0) is 0 Å². The van der Waals surface area contributed by atoms with E-state index in [1.807, 2.05) is 75.4 Å². The molecule has 0 spiro atoms. The summed E-state index contributed by atoms with van der Waals surface area (Å²) in [4.78, 5) is 0. The van der Waals surface area contributed by atoms with Crippen molar-refractivity contribution in [3.8, 4) is 11.8 Å². The second-order valence-corrected chi connectivity index (χ2v) is 8.15. The number of nitriles is 1. The Hall–Kier alpha value is -1.69. The topological polar surface area (TPSA) is 33.0 Å². The van der Waals surface area contributed by atoms with Gasteiger partial charge >= 0.3 is 0 Å². The first kappa shape index (κ1) is 17.1. The number of halogens is 2. The number of hydrogen-bond donors (Lipinski definition) is 0. The minimum absolute atomic E-state index is 0.579. The largest absolute Gasteiger partial charge is 0.482 e. The molecule has 2 nitrogen and oxygen atoms in total. The standard InChI is InChI=1S/C20H19Cl2NO/c1-14-8-7-11-16(12-14)24-19(18(2,3)20(19,21)22)17(13-23)15-9-5-4-6-10-15/h4-12,17H,1-3H3. The first-order valence-corrected chi connectivity index (χ1v) is 8.61. The minimum Gasteiger partial charge on any atom is -0.482 e. The lowest BCUT2D eigenvalue weighted by Gasteiger charge is -2.27. The summed E-state index contributed by atoms with van der Waals surface area (Å²) in [6, 6.07) is 19.6. The summed E-state index contributed by atoms with van der Waals surface area (Å²) in [5.74, 6) is 0.0895. The third-order valence-electron chi connectivity index (χ3n) is 5.05. The van der Waals surface area contributed by atoms with Gasteiger partial charge in [-0.25, -0.2) is 0 Å². The maximum atomic E-state index is 9.90. The maximum Gasteiger partial charge on any atom is 0.170 e. The Balaban J connectivity index is 2.10. The third kappa shape index (κ3) is 2.23. The Morgan fingerprint density at radius 3 is 2.17 bits per heavy atom. The van der Waals surface area contributed by atoms with E-state index in [0.29, 0.717) is 5.75 Å². The van der Waals surface area contributed by atoms with Crippen molar-refractivity contribution in [1.29, 1.82) is 5.26 Å². The Morgan fingerprint density at radius 2 is 1.67 bits per heavy atom. The summed E-state index contributed by atoms with van der Waals surface area (Å²) in [5.41, 5.74) is 0.323. The van der Waals surface area contributed by atoms with Gasteiger partial charge in [0, 0.05) is 5.41 Å². The highest BCUT2D eigenvalue weighted by molar-refractivity contribution is 6.53. The van der Waals surface area contributed by atoms with E-state index in [0.717, 1.165) is 11.1 Å². The van der Waals surface area contributed by atoms with Crippen LogP contribution in [0.25, 0.3) is 0 Å². The Morgan fingerprint density at radius 1 is 1.04 bits per heavy atom. The lowest BCUT2D eigenvalue weighted by atomic mass is 9.87. The van der Waals surface area contributed by atoms with E-state index in [-0.39, 0.29) is 0 Å². The third-order valence-corrected chi connectivity index (χ3v) is 6.56. The molecule has 2 unspecified atom stereocenters. The van der Waals surface area contributed by atoms with E-state index in [1.165, 1.54) is 0 Å². The van der Waals surface area contributed by atoms with Gasteiger partial charge < -0.3 is 4.74 Å². The van der Waals surface area contributed by atoms with Gasteiger partial charge in [0.2, 0.25) is 0 Å². The lowest BCUT2D eigenvalue weighted by molar-refractivity contribution is 0.122. The van der Waals surface area contributed by atoms with Gasteiger partial charge in [-0.1, -0.05) is 79.5 Å². The van der Waals surface area contributed by atoms with Crippen molar-refractivity contribution in [2.24, 2.45) is 5.41 Å². The van der Waals surface area contributed by atoms with Crippen molar-refractivity contribution < 1.29 is 4.74 Å². The fourth-order valence-electron chi connectivity index (χ4n) is 3.47. The zero-order valence-electron chi connectivity index (χ0n) is 13.9. The molecule has 2 aromatic rings. The van der Waals surface area contributed by atoms with Crippen LogP contribution >= 0.6 is 23.2 Å². The van der Waals surface area contributed by atoms with E-state index in [2.05, 4.69) is 6.07 Å². The highest BCUT2D eigenvalue weighted by atomic mass is 35.5. The molecule has 1 saturated carbocycles. The normalized spacial score (nSPS) is 24.7. The number of rotatable bonds is 4. The van der Waals surface area contributed by atoms with Crippen LogP contribution in [0.4, 0.5) is 0 Å². The predicted octanol–water partition coefficient (Wildman–Crippen LogP) is 5.63. The molecule has 3 rings (SSSR count). The van der Waals surface area contributed by atoms with E-state index >= 15 is 0 Å².